The molecule has 4 N–H and O–H groups in total. The third-order valence-electron chi connectivity index (χ3n) is 7.29. The van der Waals surface area contributed by atoms with Crippen molar-refractivity contribution in [1.82, 2.24) is 15.1 Å². The van der Waals surface area contributed by atoms with Crippen molar-refractivity contribution in [2.24, 2.45) is 5.73 Å². The number of amides is 1. The summed E-state index contributed by atoms with van der Waals surface area (Å²) in [4.78, 5) is 17.2. The molecule has 0 aliphatic carbocycles. The van der Waals surface area contributed by atoms with Crippen LogP contribution in [0.1, 0.15) is 28.4 Å². The number of nitrogens with zero attached hydrogens (tertiary/aromatic N) is 3. The molecular formula is C30H34F2N6O2. The highest BCUT2D eigenvalue weighted by atomic mass is 19.1. The molecule has 0 bridgehead atoms. The molecule has 1 aliphatic heterocycles. The molecule has 0 saturated carbocycles. The van der Waals surface area contributed by atoms with E-state index in [9.17, 15) is 13.6 Å². The number of primary amides is 1. The Kier molecular flexibility index (Phi) is 7.99. The molecule has 0 radical (unpaired) electrons. The van der Waals surface area contributed by atoms with Gasteiger partial charge in [0.25, 0.3) is 5.91 Å². The topological polar surface area (TPSA) is 99.5 Å². The average molecular weight is 549 g/mol. The molecule has 2 heterocycles. The first-order chi connectivity index (χ1) is 19.2. The summed E-state index contributed by atoms with van der Waals surface area (Å²) in [5.41, 5.74) is 11.4. The fourth-order valence-electron chi connectivity index (χ4n) is 5.35. The van der Waals surface area contributed by atoms with E-state index < -0.39 is 17.5 Å². The number of carbonyl (C=O) groups is 1. The number of H-pyrrole nitrogens is 1. The number of rotatable bonds is 9. The standard InChI is InChI=1S/C30H34F2N6O2/c1-18(17-40-3)34-28-23(30(33)39)5-7-26(38-10-8-37(2)9-11-38)27(28)29-24-15-19(4-6-25(24)35-36-29)12-20-13-21(31)16-22(32)14-20/h4-7,13-16,18,34H,8-12,17H2,1-3H3,(H2,33,39)(H,35,36). The molecule has 0 spiro atoms. The Hall–Kier alpha value is -4.02. The number of nitrogens with two attached hydrogens (primary N) is 1. The number of halogens is 2. The van der Waals surface area contributed by atoms with Gasteiger partial charge in [-0.3, -0.25) is 9.89 Å². The summed E-state index contributed by atoms with van der Waals surface area (Å²) in [6.07, 6.45) is 0.345. The number of hydrogen-bond acceptors (Lipinski definition) is 6. The Balaban J connectivity index is 1.68. The Morgan fingerprint density at radius 2 is 1.80 bits per heavy atom. The smallest absolute Gasteiger partial charge is 0.250 e. The van der Waals surface area contributed by atoms with Gasteiger partial charge in [-0.2, -0.15) is 5.10 Å². The summed E-state index contributed by atoms with van der Waals surface area (Å²) in [7, 11) is 3.73. The van der Waals surface area contributed by atoms with Gasteiger partial charge in [-0.25, -0.2) is 8.78 Å². The molecule has 1 atom stereocenters. The van der Waals surface area contributed by atoms with E-state index >= 15 is 0 Å². The number of likely N-dealkylation sites (N-methyl/N-ethyl adjacent to an activating group) is 1. The summed E-state index contributed by atoms with van der Waals surface area (Å²) in [5, 5.41) is 12.1. The molecule has 3 aromatic carbocycles. The number of hydrogen-bond donors (Lipinski definition) is 3. The minimum atomic E-state index is -0.610. The molecule has 1 fully saturated rings. The van der Waals surface area contributed by atoms with Crippen LogP contribution in [0.3, 0.4) is 0 Å². The highest BCUT2D eigenvalue weighted by molar-refractivity contribution is 6.08. The van der Waals surface area contributed by atoms with Gasteiger partial charge in [0.2, 0.25) is 0 Å². The molecule has 1 saturated heterocycles. The van der Waals surface area contributed by atoms with Gasteiger partial charge in [0.15, 0.2) is 0 Å². The first-order valence-electron chi connectivity index (χ1n) is 13.3. The van der Waals surface area contributed by atoms with Gasteiger partial charge in [0, 0.05) is 56.5 Å². The van der Waals surface area contributed by atoms with E-state index in [-0.39, 0.29) is 6.04 Å². The zero-order chi connectivity index (χ0) is 28.4. The molecule has 40 heavy (non-hydrogen) atoms. The first kappa shape index (κ1) is 27.5. The van der Waals surface area contributed by atoms with Gasteiger partial charge in [0.1, 0.15) is 17.3 Å². The maximum atomic E-state index is 13.9. The summed E-state index contributed by atoms with van der Waals surface area (Å²) in [5.74, 6) is -1.77. The van der Waals surface area contributed by atoms with Crippen LogP contribution in [0, 0.1) is 11.6 Å². The van der Waals surface area contributed by atoms with Crippen molar-refractivity contribution in [3.05, 3.63) is 76.9 Å². The second kappa shape index (κ2) is 11.6. The second-order valence-electron chi connectivity index (χ2n) is 10.4. The molecule has 1 unspecified atom stereocenters. The number of aromatic amines is 1. The molecule has 1 aliphatic rings. The molecule has 8 nitrogen and oxygen atoms in total. The van der Waals surface area contributed by atoms with E-state index in [0.717, 1.165) is 60.0 Å². The number of carbonyl (C=O) groups excluding carboxylic acids is 1. The van der Waals surface area contributed by atoms with Crippen molar-refractivity contribution in [2.45, 2.75) is 19.4 Å². The summed E-state index contributed by atoms with van der Waals surface area (Å²) >= 11 is 0. The van der Waals surface area contributed by atoms with Gasteiger partial charge in [-0.1, -0.05) is 6.07 Å². The van der Waals surface area contributed by atoms with Crippen LogP contribution in [-0.2, 0) is 11.2 Å². The molecule has 10 heteroatoms. The number of benzene rings is 3. The second-order valence-corrected chi connectivity index (χ2v) is 10.4. The number of aromatic nitrogens is 2. The lowest BCUT2D eigenvalue weighted by molar-refractivity contribution is 0.100. The third kappa shape index (κ3) is 5.78. The van der Waals surface area contributed by atoms with Gasteiger partial charge >= 0.3 is 0 Å². The summed E-state index contributed by atoms with van der Waals surface area (Å²) in [6, 6.07) is 12.9. The van der Waals surface area contributed by atoms with Crippen LogP contribution in [0.4, 0.5) is 20.2 Å². The predicted molar refractivity (Wildman–Crippen MR) is 154 cm³/mol. The largest absolute Gasteiger partial charge is 0.383 e. The van der Waals surface area contributed by atoms with E-state index in [1.165, 1.54) is 12.1 Å². The van der Waals surface area contributed by atoms with Crippen LogP contribution >= 0.6 is 0 Å². The van der Waals surface area contributed by atoms with E-state index in [1.54, 1.807) is 13.2 Å². The van der Waals surface area contributed by atoms with Crippen LogP contribution in [0.5, 0.6) is 0 Å². The SMILES string of the molecule is COCC(C)Nc1c(C(N)=O)ccc(N2CCN(C)CC2)c1-c1n[nH]c2ccc(Cc3cc(F)cc(F)c3)cc12. The van der Waals surface area contributed by atoms with E-state index in [1.807, 2.05) is 31.2 Å². The predicted octanol–water partition coefficient (Wildman–Crippen LogP) is 4.40. The van der Waals surface area contributed by atoms with Crippen molar-refractivity contribution in [2.75, 3.05) is 57.2 Å². The number of anilines is 2. The van der Waals surface area contributed by atoms with Crippen LogP contribution in [0.25, 0.3) is 22.2 Å². The number of fused-ring (bicyclic) bond motifs is 1. The van der Waals surface area contributed by atoms with Crippen LogP contribution in [-0.4, -0.2) is 74.0 Å². The van der Waals surface area contributed by atoms with Crippen LogP contribution < -0.4 is 16.0 Å². The van der Waals surface area contributed by atoms with Crippen molar-refractivity contribution < 1.29 is 18.3 Å². The first-order valence-corrected chi connectivity index (χ1v) is 13.3. The Morgan fingerprint density at radius 3 is 2.48 bits per heavy atom. The maximum absolute atomic E-state index is 13.9. The monoisotopic (exact) mass is 548 g/mol. The third-order valence-corrected chi connectivity index (χ3v) is 7.29. The summed E-state index contributed by atoms with van der Waals surface area (Å²) in [6.45, 7) is 5.81. The Morgan fingerprint density at radius 1 is 1.07 bits per heavy atom. The van der Waals surface area contributed by atoms with Crippen molar-refractivity contribution in [1.29, 1.82) is 0 Å². The van der Waals surface area contributed by atoms with Gasteiger partial charge in [-0.05, 0) is 67.9 Å². The van der Waals surface area contributed by atoms with E-state index in [4.69, 9.17) is 15.6 Å². The number of nitrogens with one attached hydrogen (secondary N) is 2. The lowest BCUT2D eigenvalue weighted by Crippen LogP contribution is -2.44. The number of methoxy groups -OCH3 is 1. The Labute approximate surface area is 232 Å². The molecule has 4 aromatic rings. The number of ether oxygens (including phenoxy) is 1. The number of piperazine rings is 1. The van der Waals surface area contributed by atoms with Crippen molar-refractivity contribution in [3.63, 3.8) is 0 Å². The highest BCUT2D eigenvalue weighted by Gasteiger charge is 2.27. The minimum absolute atomic E-state index is 0.117. The summed E-state index contributed by atoms with van der Waals surface area (Å²) < 4.78 is 33.1. The zero-order valence-electron chi connectivity index (χ0n) is 22.9. The lowest BCUT2D eigenvalue weighted by Gasteiger charge is -2.36. The quantitative estimate of drug-likeness (QED) is 0.287. The van der Waals surface area contributed by atoms with Gasteiger partial charge < -0.3 is 25.6 Å². The van der Waals surface area contributed by atoms with Crippen molar-refractivity contribution >= 4 is 28.2 Å². The fraction of sp³-hybridized carbons (Fsp3) is 0.333. The Bertz CT molecular complexity index is 1510. The van der Waals surface area contributed by atoms with Gasteiger partial charge in [-0.15, -0.1) is 0 Å². The molecular weight excluding hydrogens is 514 g/mol. The molecule has 1 aromatic heterocycles. The average Bonchev–Trinajstić information content (AvgIpc) is 3.31. The molecule has 210 valence electrons. The molecule has 1 amide bonds. The van der Waals surface area contributed by atoms with E-state index in [0.29, 0.717) is 35.5 Å². The van der Waals surface area contributed by atoms with Gasteiger partial charge in [0.05, 0.1) is 28.9 Å². The van der Waals surface area contributed by atoms with Crippen molar-refractivity contribution in [3.8, 4) is 11.3 Å². The fourth-order valence-corrected chi connectivity index (χ4v) is 5.35. The zero-order valence-corrected chi connectivity index (χ0v) is 22.9. The molecule has 5 rings (SSSR count). The van der Waals surface area contributed by atoms with Crippen LogP contribution in [0.2, 0.25) is 0 Å². The lowest BCUT2D eigenvalue weighted by atomic mass is 9.96. The van der Waals surface area contributed by atoms with Crippen LogP contribution in [0.15, 0.2) is 48.5 Å². The van der Waals surface area contributed by atoms with E-state index in [2.05, 4.69) is 27.3 Å². The normalized spacial score (nSPS) is 15.0. The highest BCUT2D eigenvalue weighted by Crippen LogP contribution is 2.42. The maximum Gasteiger partial charge on any atom is 0.250 e. The minimum Gasteiger partial charge on any atom is -0.383 e.